The van der Waals surface area contributed by atoms with Crippen molar-refractivity contribution in [3.05, 3.63) is 84.4 Å². The molecule has 0 aliphatic heterocycles. The van der Waals surface area contributed by atoms with E-state index < -0.39 is 0 Å². The number of hydrogen-bond donors (Lipinski definition) is 1. The van der Waals surface area contributed by atoms with Gasteiger partial charge in [-0.25, -0.2) is 0 Å². The Hall–Kier alpha value is -1.90. The van der Waals surface area contributed by atoms with Gasteiger partial charge in [-0.15, -0.1) is 6.58 Å². The van der Waals surface area contributed by atoms with Gasteiger partial charge >= 0.3 is 0 Å². The quantitative estimate of drug-likeness (QED) is 0.579. The van der Waals surface area contributed by atoms with E-state index in [2.05, 4.69) is 67.2 Å². The highest BCUT2D eigenvalue weighted by atomic mass is 16.5. The zero-order valence-corrected chi connectivity index (χ0v) is 17.6. The molecule has 2 fully saturated rings. The minimum absolute atomic E-state index is 0.0417. The third-order valence-corrected chi connectivity index (χ3v) is 6.36. The van der Waals surface area contributed by atoms with E-state index >= 15 is 0 Å². The van der Waals surface area contributed by atoms with Gasteiger partial charge in [0.25, 0.3) is 0 Å². The Kier molecular flexibility index (Phi) is 8.98. The minimum Gasteiger partial charge on any atom is -0.393 e. The SMILES string of the molecule is C=CCOC1CCC(c2ccccc2)CC1.OC1CCC(c2ccccc2)CC1. The molecule has 0 aromatic heterocycles. The molecule has 2 aromatic rings. The van der Waals surface area contributed by atoms with Crippen LogP contribution in [0.1, 0.15) is 74.3 Å². The molecule has 29 heavy (non-hydrogen) atoms. The van der Waals surface area contributed by atoms with E-state index in [9.17, 15) is 5.11 Å². The molecule has 0 amide bonds. The van der Waals surface area contributed by atoms with Gasteiger partial charge in [0.1, 0.15) is 0 Å². The second kappa shape index (κ2) is 11.9. The molecule has 0 spiro atoms. The molecule has 2 nitrogen and oxygen atoms in total. The highest BCUT2D eigenvalue weighted by Gasteiger charge is 2.22. The fourth-order valence-corrected chi connectivity index (χ4v) is 4.63. The zero-order chi connectivity index (χ0) is 20.3. The zero-order valence-electron chi connectivity index (χ0n) is 17.6. The summed E-state index contributed by atoms with van der Waals surface area (Å²) in [7, 11) is 0. The molecule has 0 radical (unpaired) electrons. The lowest BCUT2D eigenvalue weighted by Gasteiger charge is -2.28. The number of aliphatic hydroxyl groups is 1. The molecule has 0 heterocycles. The van der Waals surface area contributed by atoms with E-state index in [0.29, 0.717) is 18.6 Å². The van der Waals surface area contributed by atoms with Crippen LogP contribution >= 0.6 is 0 Å². The normalized spacial score (nSPS) is 26.8. The summed E-state index contributed by atoms with van der Waals surface area (Å²) in [5.74, 6) is 1.43. The first-order chi connectivity index (χ1) is 14.3. The van der Waals surface area contributed by atoms with Gasteiger partial charge in [-0.1, -0.05) is 66.7 Å². The highest BCUT2D eigenvalue weighted by molar-refractivity contribution is 5.20. The average molecular weight is 393 g/mol. The molecule has 0 bridgehead atoms. The third kappa shape index (κ3) is 7.13. The molecule has 4 rings (SSSR count). The summed E-state index contributed by atoms with van der Waals surface area (Å²) in [6.07, 6.45) is 11.4. The smallest absolute Gasteiger partial charge is 0.0648 e. The first-order valence-corrected chi connectivity index (χ1v) is 11.3. The van der Waals surface area contributed by atoms with Crippen LogP contribution in [0.25, 0.3) is 0 Å². The summed E-state index contributed by atoms with van der Waals surface area (Å²) in [5.41, 5.74) is 2.93. The predicted octanol–water partition coefficient (Wildman–Crippen LogP) is 6.62. The van der Waals surface area contributed by atoms with Crippen molar-refractivity contribution in [1.82, 2.24) is 0 Å². The standard InChI is InChI=1S/C15H20O.C12H16O/c1-2-12-16-15-10-8-14(9-11-15)13-6-4-3-5-7-13;13-12-8-6-11(7-9-12)10-4-2-1-3-5-10/h2-7,14-15H,1,8-12H2;1-5,11-13H,6-9H2. The largest absolute Gasteiger partial charge is 0.393 e. The Labute approximate surface area is 176 Å². The van der Waals surface area contributed by atoms with Crippen LogP contribution in [0.4, 0.5) is 0 Å². The number of ether oxygens (including phenoxy) is 1. The maximum atomic E-state index is 9.37. The summed E-state index contributed by atoms with van der Waals surface area (Å²) < 4.78 is 5.70. The molecule has 2 aliphatic carbocycles. The van der Waals surface area contributed by atoms with Crippen molar-refractivity contribution in [2.24, 2.45) is 0 Å². The fourth-order valence-electron chi connectivity index (χ4n) is 4.63. The molecule has 2 saturated carbocycles. The molecule has 2 aromatic carbocycles. The lowest BCUT2D eigenvalue weighted by molar-refractivity contribution is 0.0424. The van der Waals surface area contributed by atoms with Gasteiger partial charge < -0.3 is 9.84 Å². The van der Waals surface area contributed by atoms with Crippen LogP contribution in [0.15, 0.2) is 73.3 Å². The van der Waals surface area contributed by atoms with E-state index in [1.807, 2.05) is 6.08 Å². The van der Waals surface area contributed by atoms with Crippen LogP contribution in [0.2, 0.25) is 0 Å². The Bertz CT molecular complexity index is 681. The monoisotopic (exact) mass is 392 g/mol. The van der Waals surface area contributed by atoms with E-state index in [1.165, 1.54) is 36.8 Å². The van der Waals surface area contributed by atoms with Gasteiger partial charge in [-0.05, 0) is 74.3 Å². The van der Waals surface area contributed by atoms with Gasteiger partial charge in [0.15, 0.2) is 0 Å². The van der Waals surface area contributed by atoms with Crippen molar-refractivity contribution >= 4 is 0 Å². The van der Waals surface area contributed by atoms with E-state index in [0.717, 1.165) is 31.6 Å². The molecule has 0 unspecified atom stereocenters. The lowest BCUT2D eigenvalue weighted by atomic mass is 9.83. The molecule has 1 N–H and O–H groups in total. The molecular weight excluding hydrogens is 356 g/mol. The molecule has 2 aliphatic rings. The number of rotatable bonds is 5. The lowest BCUT2D eigenvalue weighted by Crippen LogP contribution is -2.20. The van der Waals surface area contributed by atoms with Crippen LogP contribution in [0.5, 0.6) is 0 Å². The molecule has 156 valence electrons. The van der Waals surface area contributed by atoms with Crippen LogP contribution in [-0.2, 0) is 4.74 Å². The third-order valence-electron chi connectivity index (χ3n) is 6.36. The van der Waals surface area contributed by atoms with Crippen molar-refractivity contribution in [2.75, 3.05) is 6.61 Å². The second-order valence-corrected chi connectivity index (χ2v) is 8.42. The Morgan fingerprint density at radius 2 is 1.17 bits per heavy atom. The maximum Gasteiger partial charge on any atom is 0.0648 e. The van der Waals surface area contributed by atoms with E-state index in [4.69, 9.17) is 4.74 Å². The predicted molar refractivity (Wildman–Crippen MR) is 121 cm³/mol. The first-order valence-electron chi connectivity index (χ1n) is 11.3. The summed E-state index contributed by atoms with van der Waals surface area (Å²) in [6.45, 7) is 4.38. The van der Waals surface area contributed by atoms with Gasteiger partial charge in [0, 0.05) is 0 Å². The van der Waals surface area contributed by atoms with E-state index in [-0.39, 0.29) is 6.10 Å². The van der Waals surface area contributed by atoms with Crippen molar-refractivity contribution in [3.8, 4) is 0 Å². The first kappa shape index (κ1) is 21.8. The summed E-state index contributed by atoms with van der Waals surface area (Å²) in [6, 6.07) is 21.5. The van der Waals surface area contributed by atoms with Crippen LogP contribution < -0.4 is 0 Å². The van der Waals surface area contributed by atoms with Crippen molar-refractivity contribution in [1.29, 1.82) is 0 Å². The van der Waals surface area contributed by atoms with E-state index in [1.54, 1.807) is 0 Å². The number of benzene rings is 2. The summed E-state index contributed by atoms with van der Waals surface area (Å²) in [4.78, 5) is 0. The summed E-state index contributed by atoms with van der Waals surface area (Å²) in [5, 5.41) is 9.37. The Morgan fingerprint density at radius 1 is 0.724 bits per heavy atom. The number of hydrogen-bond acceptors (Lipinski definition) is 2. The van der Waals surface area contributed by atoms with Crippen molar-refractivity contribution in [2.45, 2.75) is 75.4 Å². The maximum absolute atomic E-state index is 9.37. The van der Waals surface area contributed by atoms with Gasteiger partial charge in [0.2, 0.25) is 0 Å². The molecule has 2 heteroatoms. The Morgan fingerprint density at radius 3 is 1.62 bits per heavy atom. The molecular formula is C27H36O2. The Balaban J connectivity index is 0.000000169. The highest BCUT2D eigenvalue weighted by Crippen LogP contribution is 2.34. The minimum atomic E-state index is -0.0417. The van der Waals surface area contributed by atoms with Crippen LogP contribution in [0, 0.1) is 0 Å². The molecule has 0 atom stereocenters. The van der Waals surface area contributed by atoms with Crippen molar-refractivity contribution in [3.63, 3.8) is 0 Å². The number of aliphatic hydroxyl groups excluding tert-OH is 1. The fraction of sp³-hybridized carbons (Fsp3) is 0.481. The van der Waals surface area contributed by atoms with Gasteiger partial charge in [0.05, 0.1) is 18.8 Å². The van der Waals surface area contributed by atoms with Gasteiger partial charge in [-0.3, -0.25) is 0 Å². The average Bonchev–Trinajstić information content (AvgIpc) is 2.80. The topological polar surface area (TPSA) is 29.5 Å². The molecule has 0 saturated heterocycles. The van der Waals surface area contributed by atoms with Gasteiger partial charge in [-0.2, -0.15) is 0 Å². The second-order valence-electron chi connectivity index (χ2n) is 8.42. The van der Waals surface area contributed by atoms with Crippen LogP contribution in [-0.4, -0.2) is 23.9 Å². The summed E-state index contributed by atoms with van der Waals surface area (Å²) >= 11 is 0. The van der Waals surface area contributed by atoms with Crippen molar-refractivity contribution < 1.29 is 9.84 Å². The van der Waals surface area contributed by atoms with Crippen LogP contribution in [0.3, 0.4) is 0 Å².